The van der Waals surface area contributed by atoms with Gasteiger partial charge in [-0.15, -0.1) is 0 Å². The van der Waals surface area contributed by atoms with E-state index in [2.05, 4.69) is 5.32 Å². The minimum Gasteiger partial charge on any atom is -0.457 e. The summed E-state index contributed by atoms with van der Waals surface area (Å²) in [5.74, 6) is 1.64. The molecule has 0 heterocycles. The zero-order valence-electron chi connectivity index (χ0n) is 11.5. The molecule has 0 radical (unpaired) electrons. The van der Waals surface area contributed by atoms with Gasteiger partial charge >= 0.3 is 0 Å². The first-order chi connectivity index (χ1) is 10.3. The SMILES string of the molecule is Nc1ccc(Nc2ccc(Oc3ccccc3)cc2)cc1. The van der Waals surface area contributed by atoms with Gasteiger partial charge in [-0.3, -0.25) is 0 Å². The maximum Gasteiger partial charge on any atom is 0.127 e. The van der Waals surface area contributed by atoms with Gasteiger partial charge in [0.25, 0.3) is 0 Å². The van der Waals surface area contributed by atoms with Crippen molar-refractivity contribution in [2.75, 3.05) is 11.1 Å². The zero-order valence-corrected chi connectivity index (χ0v) is 11.5. The highest BCUT2D eigenvalue weighted by Gasteiger charge is 1.98. The Morgan fingerprint density at radius 2 is 1.14 bits per heavy atom. The van der Waals surface area contributed by atoms with Gasteiger partial charge in [-0.05, 0) is 60.7 Å². The molecule has 0 atom stereocenters. The number of nitrogen functional groups attached to an aromatic ring is 1. The molecule has 3 nitrogen and oxygen atoms in total. The predicted octanol–water partition coefficient (Wildman–Crippen LogP) is 4.80. The lowest BCUT2D eigenvalue weighted by atomic mass is 10.2. The minimum absolute atomic E-state index is 0.757. The summed E-state index contributed by atoms with van der Waals surface area (Å²) in [4.78, 5) is 0. The van der Waals surface area contributed by atoms with Gasteiger partial charge in [0.05, 0.1) is 0 Å². The molecular formula is C18H16N2O. The fourth-order valence-corrected chi connectivity index (χ4v) is 1.96. The van der Waals surface area contributed by atoms with Crippen LogP contribution in [-0.2, 0) is 0 Å². The number of hydrogen-bond donors (Lipinski definition) is 2. The van der Waals surface area contributed by atoms with Crippen LogP contribution < -0.4 is 15.8 Å². The zero-order chi connectivity index (χ0) is 14.5. The molecule has 0 aliphatic heterocycles. The van der Waals surface area contributed by atoms with E-state index in [9.17, 15) is 0 Å². The van der Waals surface area contributed by atoms with Crippen molar-refractivity contribution in [3.8, 4) is 11.5 Å². The van der Waals surface area contributed by atoms with Crippen LogP contribution in [0.5, 0.6) is 11.5 Å². The molecule has 21 heavy (non-hydrogen) atoms. The first-order valence-electron chi connectivity index (χ1n) is 6.75. The van der Waals surface area contributed by atoms with Crippen molar-refractivity contribution < 1.29 is 4.74 Å². The number of rotatable bonds is 4. The van der Waals surface area contributed by atoms with Crippen molar-refractivity contribution in [3.05, 3.63) is 78.9 Å². The summed E-state index contributed by atoms with van der Waals surface area (Å²) in [5, 5.41) is 3.31. The molecule has 0 bridgehead atoms. The fraction of sp³-hybridized carbons (Fsp3) is 0. The third-order valence-electron chi connectivity index (χ3n) is 3.03. The number of para-hydroxylation sites is 1. The molecule has 104 valence electrons. The van der Waals surface area contributed by atoms with E-state index in [4.69, 9.17) is 10.5 Å². The number of hydrogen-bond acceptors (Lipinski definition) is 3. The van der Waals surface area contributed by atoms with Crippen LogP contribution in [0.25, 0.3) is 0 Å². The van der Waals surface area contributed by atoms with E-state index < -0.39 is 0 Å². The van der Waals surface area contributed by atoms with Crippen LogP contribution >= 0.6 is 0 Å². The molecule has 0 unspecified atom stereocenters. The van der Waals surface area contributed by atoms with Crippen molar-refractivity contribution in [1.29, 1.82) is 0 Å². The second-order valence-electron chi connectivity index (χ2n) is 4.69. The van der Waals surface area contributed by atoms with E-state index >= 15 is 0 Å². The van der Waals surface area contributed by atoms with Gasteiger partial charge in [0, 0.05) is 17.1 Å². The molecule has 0 saturated heterocycles. The smallest absolute Gasteiger partial charge is 0.127 e. The van der Waals surface area contributed by atoms with Gasteiger partial charge in [0.2, 0.25) is 0 Å². The maximum absolute atomic E-state index is 5.75. The average Bonchev–Trinajstić information content (AvgIpc) is 2.53. The van der Waals surface area contributed by atoms with E-state index in [1.54, 1.807) is 0 Å². The van der Waals surface area contributed by atoms with Gasteiger partial charge in [0.15, 0.2) is 0 Å². The molecule has 0 amide bonds. The van der Waals surface area contributed by atoms with Gasteiger partial charge in [-0.1, -0.05) is 18.2 Å². The Kier molecular flexibility index (Phi) is 3.74. The van der Waals surface area contributed by atoms with E-state index in [-0.39, 0.29) is 0 Å². The molecule has 3 aromatic rings. The Balaban J connectivity index is 1.68. The highest BCUT2D eigenvalue weighted by Crippen LogP contribution is 2.24. The molecule has 0 spiro atoms. The third kappa shape index (κ3) is 3.54. The van der Waals surface area contributed by atoms with Crippen LogP contribution in [-0.4, -0.2) is 0 Å². The first-order valence-corrected chi connectivity index (χ1v) is 6.75. The largest absolute Gasteiger partial charge is 0.457 e. The van der Waals surface area contributed by atoms with Gasteiger partial charge < -0.3 is 15.8 Å². The third-order valence-corrected chi connectivity index (χ3v) is 3.03. The van der Waals surface area contributed by atoms with Gasteiger partial charge in [0.1, 0.15) is 11.5 Å². The number of anilines is 3. The Morgan fingerprint density at radius 3 is 1.76 bits per heavy atom. The topological polar surface area (TPSA) is 47.3 Å². The summed E-state index contributed by atoms with van der Waals surface area (Å²) in [5.41, 5.74) is 8.43. The van der Waals surface area contributed by atoms with Crippen LogP contribution in [0.2, 0.25) is 0 Å². The molecule has 3 heteroatoms. The highest BCUT2D eigenvalue weighted by atomic mass is 16.5. The predicted molar refractivity (Wildman–Crippen MR) is 87.1 cm³/mol. The standard InChI is InChI=1S/C18H16N2O/c19-14-6-8-15(9-7-14)20-16-10-12-18(13-11-16)21-17-4-2-1-3-5-17/h1-13,20H,19H2. The number of benzene rings is 3. The highest BCUT2D eigenvalue weighted by molar-refractivity contribution is 5.62. The van der Waals surface area contributed by atoms with Crippen molar-refractivity contribution in [2.45, 2.75) is 0 Å². The van der Waals surface area contributed by atoms with E-state index in [0.29, 0.717) is 0 Å². The van der Waals surface area contributed by atoms with Gasteiger partial charge in [-0.25, -0.2) is 0 Å². The summed E-state index contributed by atoms with van der Waals surface area (Å²) in [6.45, 7) is 0. The van der Waals surface area contributed by atoms with E-state index in [1.165, 1.54) is 0 Å². The molecule has 0 fully saturated rings. The van der Waals surface area contributed by atoms with E-state index in [1.807, 2.05) is 78.9 Å². The quantitative estimate of drug-likeness (QED) is 0.672. The van der Waals surface area contributed by atoms with E-state index in [0.717, 1.165) is 28.6 Å². The number of nitrogens with two attached hydrogens (primary N) is 1. The van der Waals surface area contributed by atoms with Gasteiger partial charge in [-0.2, -0.15) is 0 Å². The second kappa shape index (κ2) is 6.01. The molecule has 3 rings (SSSR count). The summed E-state index contributed by atoms with van der Waals surface area (Å²) in [6, 6.07) is 25.2. The molecule has 0 aromatic heterocycles. The lowest BCUT2D eigenvalue weighted by Crippen LogP contribution is -1.91. The minimum atomic E-state index is 0.757. The summed E-state index contributed by atoms with van der Waals surface area (Å²) in [7, 11) is 0. The first kappa shape index (κ1) is 13.1. The van der Waals surface area contributed by atoms with Crippen molar-refractivity contribution in [3.63, 3.8) is 0 Å². The Bertz CT molecular complexity index is 692. The molecule has 0 saturated carbocycles. The van der Waals surface area contributed by atoms with Crippen LogP contribution in [0.3, 0.4) is 0 Å². The lowest BCUT2D eigenvalue weighted by molar-refractivity contribution is 0.483. The summed E-state index contributed by atoms with van der Waals surface area (Å²) < 4.78 is 5.75. The normalized spacial score (nSPS) is 10.1. The number of nitrogens with one attached hydrogen (secondary N) is 1. The molecule has 3 aromatic carbocycles. The fourth-order valence-electron chi connectivity index (χ4n) is 1.96. The summed E-state index contributed by atoms with van der Waals surface area (Å²) in [6.07, 6.45) is 0. The van der Waals surface area contributed by atoms with Crippen LogP contribution in [0, 0.1) is 0 Å². The van der Waals surface area contributed by atoms with Crippen LogP contribution in [0.1, 0.15) is 0 Å². The second-order valence-corrected chi connectivity index (χ2v) is 4.69. The van der Waals surface area contributed by atoms with Crippen LogP contribution in [0.4, 0.5) is 17.1 Å². The van der Waals surface area contributed by atoms with Crippen LogP contribution in [0.15, 0.2) is 78.9 Å². The van der Waals surface area contributed by atoms with Crippen molar-refractivity contribution in [1.82, 2.24) is 0 Å². The Labute approximate surface area is 124 Å². The van der Waals surface area contributed by atoms with Crippen molar-refractivity contribution >= 4 is 17.1 Å². The maximum atomic E-state index is 5.75. The molecular weight excluding hydrogens is 260 g/mol. The lowest BCUT2D eigenvalue weighted by Gasteiger charge is -2.09. The molecule has 3 N–H and O–H groups in total. The number of ether oxygens (including phenoxy) is 1. The molecule has 0 aliphatic rings. The summed E-state index contributed by atoms with van der Waals surface area (Å²) >= 11 is 0. The monoisotopic (exact) mass is 276 g/mol. The Morgan fingerprint density at radius 1 is 0.619 bits per heavy atom. The molecule has 0 aliphatic carbocycles. The average molecular weight is 276 g/mol. The Hall–Kier alpha value is -2.94. The van der Waals surface area contributed by atoms with Crippen molar-refractivity contribution in [2.24, 2.45) is 0 Å².